The van der Waals surface area contributed by atoms with Crippen molar-refractivity contribution >= 4 is 11.6 Å². The maximum absolute atomic E-state index is 5.97. The van der Waals surface area contributed by atoms with Crippen molar-refractivity contribution in [1.82, 2.24) is 14.9 Å². The summed E-state index contributed by atoms with van der Waals surface area (Å²) in [5.74, 6) is 2.40. The molecule has 0 radical (unpaired) electrons. The summed E-state index contributed by atoms with van der Waals surface area (Å²) in [7, 11) is 3.35. The Morgan fingerprint density at radius 2 is 1.89 bits per heavy atom. The number of hydrogen-bond donors (Lipinski definition) is 0. The summed E-state index contributed by atoms with van der Waals surface area (Å²) in [4.78, 5) is 11.7. The van der Waals surface area contributed by atoms with Crippen molar-refractivity contribution in [2.75, 3.05) is 20.8 Å². The Balaban J connectivity index is 1.50. The van der Waals surface area contributed by atoms with Crippen LogP contribution in [0.25, 0.3) is 11.4 Å². The van der Waals surface area contributed by atoms with Gasteiger partial charge in [-0.15, -0.1) is 0 Å². The quantitative estimate of drug-likeness (QED) is 0.641. The van der Waals surface area contributed by atoms with Gasteiger partial charge in [-0.25, -0.2) is 9.97 Å². The van der Waals surface area contributed by atoms with Gasteiger partial charge in [-0.1, -0.05) is 17.7 Å². The lowest BCUT2D eigenvalue weighted by Crippen LogP contribution is -2.31. The van der Waals surface area contributed by atoms with Crippen LogP contribution in [-0.4, -0.2) is 35.6 Å². The molecule has 0 bridgehead atoms. The second kappa shape index (κ2) is 8.17. The number of halogens is 1. The topological polar surface area (TPSA) is 47.5 Å². The lowest BCUT2D eigenvalue weighted by atomic mass is 10.1. The molecule has 0 saturated carbocycles. The molecule has 2 heterocycles. The second-order valence-electron chi connectivity index (χ2n) is 6.81. The molecule has 28 heavy (non-hydrogen) atoms. The summed E-state index contributed by atoms with van der Waals surface area (Å²) in [6.45, 7) is 2.58. The molecule has 0 saturated heterocycles. The summed E-state index contributed by atoms with van der Waals surface area (Å²) in [6.07, 6.45) is 2.85. The zero-order valence-corrected chi connectivity index (χ0v) is 16.7. The predicted octanol–water partition coefficient (Wildman–Crippen LogP) is 4.37. The first-order valence-electron chi connectivity index (χ1n) is 9.20. The van der Waals surface area contributed by atoms with E-state index in [1.807, 2.05) is 42.6 Å². The van der Waals surface area contributed by atoms with Crippen LogP contribution in [0.3, 0.4) is 0 Å². The van der Waals surface area contributed by atoms with Crippen LogP contribution in [0, 0.1) is 0 Å². The molecule has 1 aliphatic rings. The Morgan fingerprint density at radius 1 is 1.07 bits per heavy atom. The van der Waals surface area contributed by atoms with E-state index in [4.69, 9.17) is 26.1 Å². The van der Waals surface area contributed by atoms with Crippen molar-refractivity contribution in [3.8, 4) is 22.9 Å². The number of benzene rings is 2. The SMILES string of the molecule is COc1ccc(CN2CCc3nc(-c4ccc(Cl)cc4)ncc3C2)c(OC)c1. The largest absolute Gasteiger partial charge is 0.497 e. The van der Waals surface area contributed by atoms with Gasteiger partial charge >= 0.3 is 0 Å². The summed E-state index contributed by atoms with van der Waals surface area (Å²) in [5.41, 5.74) is 4.43. The van der Waals surface area contributed by atoms with E-state index in [2.05, 4.69) is 16.0 Å². The lowest BCUT2D eigenvalue weighted by molar-refractivity contribution is 0.239. The molecule has 144 valence electrons. The first-order valence-corrected chi connectivity index (χ1v) is 9.58. The average Bonchev–Trinajstić information content (AvgIpc) is 2.74. The Labute approximate surface area is 169 Å². The van der Waals surface area contributed by atoms with Gasteiger partial charge < -0.3 is 9.47 Å². The number of hydrogen-bond acceptors (Lipinski definition) is 5. The molecule has 3 aromatic rings. The van der Waals surface area contributed by atoms with E-state index in [1.165, 1.54) is 5.56 Å². The molecule has 2 aromatic carbocycles. The van der Waals surface area contributed by atoms with Crippen LogP contribution in [0.1, 0.15) is 16.8 Å². The van der Waals surface area contributed by atoms with Gasteiger partial charge in [-0.3, -0.25) is 4.90 Å². The van der Waals surface area contributed by atoms with Gasteiger partial charge in [-0.05, 0) is 30.3 Å². The normalized spacial score (nSPS) is 13.8. The molecule has 0 N–H and O–H groups in total. The Morgan fingerprint density at radius 3 is 2.64 bits per heavy atom. The maximum Gasteiger partial charge on any atom is 0.159 e. The molecule has 0 spiro atoms. The van der Waals surface area contributed by atoms with Gasteiger partial charge in [0.1, 0.15) is 11.5 Å². The van der Waals surface area contributed by atoms with Crippen LogP contribution in [0.2, 0.25) is 5.02 Å². The summed E-state index contributed by atoms with van der Waals surface area (Å²) >= 11 is 5.97. The van der Waals surface area contributed by atoms with E-state index in [9.17, 15) is 0 Å². The molecular weight excluding hydrogens is 374 g/mol. The van der Waals surface area contributed by atoms with Crippen molar-refractivity contribution in [3.05, 3.63) is 70.5 Å². The van der Waals surface area contributed by atoms with Gasteiger partial charge in [-0.2, -0.15) is 0 Å². The lowest BCUT2D eigenvalue weighted by Gasteiger charge is -2.28. The smallest absolute Gasteiger partial charge is 0.159 e. The van der Waals surface area contributed by atoms with E-state index in [0.29, 0.717) is 5.02 Å². The standard InChI is InChI=1S/C22H22ClN3O2/c1-27-19-8-5-16(21(11-19)28-2)13-26-10-9-20-17(14-26)12-24-22(25-20)15-3-6-18(23)7-4-15/h3-8,11-12H,9-10,13-14H2,1-2H3. The molecule has 6 heteroatoms. The van der Waals surface area contributed by atoms with Crippen LogP contribution in [0.5, 0.6) is 11.5 Å². The Kier molecular flexibility index (Phi) is 5.46. The van der Waals surface area contributed by atoms with Crippen molar-refractivity contribution in [2.24, 2.45) is 0 Å². The highest BCUT2D eigenvalue weighted by Crippen LogP contribution is 2.28. The minimum absolute atomic E-state index is 0.714. The van der Waals surface area contributed by atoms with Crippen LogP contribution in [0.15, 0.2) is 48.7 Å². The molecule has 4 rings (SSSR count). The molecule has 5 nitrogen and oxygen atoms in total. The highest BCUT2D eigenvalue weighted by molar-refractivity contribution is 6.30. The third-order valence-corrected chi connectivity index (χ3v) is 5.26. The number of aromatic nitrogens is 2. The minimum atomic E-state index is 0.714. The van der Waals surface area contributed by atoms with Gasteiger partial charge in [0.05, 0.1) is 19.9 Å². The van der Waals surface area contributed by atoms with E-state index < -0.39 is 0 Å². The number of rotatable bonds is 5. The Bertz CT molecular complexity index is 976. The first-order chi connectivity index (χ1) is 13.7. The van der Waals surface area contributed by atoms with Crippen molar-refractivity contribution in [1.29, 1.82) is 0 Å². The number of nitrogens with zero attached hydrogens (tertiary/aromatic N) is 3. The fourth-order valence-corrected chi connectivity index (χ4v) is 3.60. The fourth-order valence-electron chi connectivity index (χ4n) is 3.47. The maximum atomic E-state index is 5.97. The van der Waals surface area contributed by atoms with Crippen molar-refractivity contribution < 1.29 is 9.47 Å². The third kappa shape index (κ3) is 3.96. The highest BCUT2D eigenvalue weighted by Gasteiger charge is 2.20. The predicted molar refractivity (Wildman–Crippen MR) is 110 cm³/mol. The summed E-state index contributed by atoms with van der Waals surface area (Å²) in [5, 5.41) is 0.714. The number of fused-ring (bicyclic) bond motifs is 1. The van der Waals surface area contributed by atoms with E-state index in [-0.39, 0.29) is 0 Å². The third-order valence-electron chi connectivity index (χ3n) is 5.00. The zero-order valence-electron chi connectivity index (χ0n) is 16.0. The average molecular weight is 396 g/mol. The van der Waals surface area contributed by atoms with Crippen molar-refractivity contribution in [3.63, 3.8) is 0 Å². The van der Waals surface area contributed by atoms with Gasteiger partial charge in [0, 0.05) is 60.0 Å². The van der Waals surface area contributed by atoms with E-state index in [1.54, 1.807) is 14.2 Å². The molecule has 0 aliphatic carbocycles. The molecule has 0 amide bonds. The molecule has 0 unspecified atom stereocenters. The van der Waals surface area contributed by atoms with Crippen LogP contribution < -0.4 is 9.47 Å². The highest BCUT2D eigenvalue weighted by atomic mass is 35.5. The van der Waals surface area contributed by atoms with Gasteiger partial charge in [0.15, 0.2) is 5.82 Å². The molecule has 1 aromatic heterocycles. The van der Waals surface area contributed by atoms with E-state index in [0.717, 1.165) is 60.2 Å². The van der Waals surface area contributed by atoms with Gasteiger partial charge in [0.25, 0.3) is 0 Å². The van der Waals surface area contributed by atoms with Crippen molar-refractivity contribution in [2.45, 2.75) is 19.5 Å². The summed E-state index contributed by atoms with van der Waals surface area (Å²) < 4.78 is 10.8. The van der Waals surface area contributed by atoms with Crippen LogP contribution >= 0.6 is 11.6 Å². The van der Waals surface area contributed by atoms with Crippen LogP contribution in [-0.2, 0) is 19.5 Å². The van der Waals surface area contributed by atoms with Crippen LogP contribution in [0.4, 0.5) is 0 Å². The molecule has 1 aliphatic heterocycles. The monoisotopic (exact) mass is 395 g/mol. The van der Waals surface area contributed by atoms with E-state index >= 15 is 0 Å². The second-order valence-corrected chi connectivity index (χ2v) is 7.25. The minimum Gasteiger partial charge on any atom is -0.497 e. The molecule has 0 atom stereocenters. The van der Waals surface area contributed by atoms with Gasteiger partial charge in [0.2, 0.25) is 0 Å². The number of ether oxygens (including phenoxy) is 2. The number of methoxy groups -OCH3 is 2. The molecular formula is C22H22ClN3O2. The Hall–Kier alpha value is -2.63. The fraction of sp³-hybridized carbons (Fsp3) is 0.273. The molecule has 0 fully saturated rings. The first kappa shape index (κ1) is 18.7. The zero-order chi connectivity index (χ0) is 19.5. The summed E-state index contributed by atoms with van der Waals surface area (Å²) in [6, 6.07) is 13.6.